The molecule has 0 saturated carbocycles. The van der Waals surface area contributed by atoms with Gasteiger partial charge in [-0.15, -0.1) is 0 Å². The fourth-order valence-corrected chi connectivity index (χ4v) is 1.83. The van der Waals surface area contributed by atoms with E-state index >= 15 is 0 Å². The van der Waals surface area contributed by atoms with E-state index in [2.05, 4.69) is 48.6 Å². The molecule has 1 aromatic rings. The minimum atomic E-state index is 0.374. The largest absolute Gasteiger partial charge is 0.368 e. The summed E-state index contributed by atoms with van der Waals surface area (Å²) in [5.74, 6) is 0.476. The zero-order chi connectivity index (χ0) is 9.38. The van der Waals surface area contributed by atoms with E-state index in [4.69, 9.17) is 4.74 Å². The zero-order valence-corrected chi connectivity index (χ0v) is 7.89. The van der Waals surface area contributed by atoms with Crippen LogP contribution in [-0.2, 0) is 4.74 Å². The first kappa shape index (κ1) is 8.01. The lowest BCUT2D eigenvalue weighted by molar-refractivity contribution is 0.415. The summed E-state index contributed by atoms with van der Waals surface area (Å²) >= 11 is 0. The van der Waals surface area contributed by atoms with Gasteiger partial charge in [0.05, 0.1) is 6.61 Å². The minimum absolute atomic E-state index is 0.374. The van der Waals surface area contributed by atoms with Crippen molar-refractivity contribution in [3.63, 3.8) is 0 Å². The molecule has 1 aromatic carbocycles. The van der Waals surface area contributed by atoms with Crippen LogP contribution in [0.4, 0.5) is 0 Å². The highest BCUT2D eigenvalue weighted by Gasteiger charge is 2.24. The van der Waals surface area contributed by atoms with Crippen LogP contribution in [0.1, 0.15) is 23.1 Å². The Labute approximate surface area is 83.7 Å². The van der Waals surface area contributed by atoms with E-state index in [1.165, 1.54) is 11.1 Å². The van der Waals surface area contributed by atoms with Gasteiger partial charge < -0.3 is 4.74 Å². The molecule has 1 aliphatic carbocycles. The molecule has 0 unspecified atom stereocenters. The first-order valence-electron chi connectivity index (χ1n) is 5.00. The van der Waals surface area contributed by atoms with Gasteiger partial charge >= 0.3 is 0 Å². The number of hydrogen-bond acceptors (Lipinski definition) is 1. The molecule has 1 heterocycles. The van der Waals surface area contributed by atoms with Crippen molar-refractivity contribution in [1.82, 2.24) is 0 Å². The van der Waals surface area contributed by atoms with Gasteiger partial charge in [-0.1, -0.05) is 48.6 Å². The predicted molar refractivity (Wildman–Crippen MR) is 56.2 cm³/mol. The lowest BCUT2D eigenvalue weighted by Crippen LogP contribution is -1.89. The van der Waals surface area contributed by atoms with Gasteiger partial charge in [0.1, 0.15) is 6.10 Å². The maximum atomic E-state index is 5.23. The number of epoxide rings is 1. The molecule has 70 valence electrons. The minimum Gasteiger partial charge on any atom is -0.368 e. The maximum Gasteiger partial charge on any atom is 0.106 e. The van der Waals surface area contributed by atoms with Crippen LogP contribution >= 0.6 is 0 Å². The van der Waals surface area contributed by atoms with Crippen LogP contribution in [0.15, 0.2) is 48.6 Å². The van der Waals surface area contributed by atoms with Crippen molar-refractivity contribution < 1.29 is 4.74 Å². The average Bonchev–Trinajstić information content (AvgIpc) is 2.94. The molecule has 0 N–H and O–H groups in total. The van der Waals surface area contributed by atoms with E-state index in [0.29, 0.717) is 12.0 Å². The van der Waals surface area contributed by atoms with Crippen molar-refractivity contribution in [3.8, 4) is 0 Å². The molecule has 1 saturated heterocycles. The van der Waals surface area contributed by atoms with Gasteiger partial charge in [-0.3, -0.25) is 0 Å². The number of ether oxygens (including phenoxy) is 1. The third-order valence-corrected chi connectivity index (χ3v) is 2.77. The smallest absolute Gasteiger partial charge is 0.106 e. The second-order valence-corrected chi connectivity index (χ2v) is 3.78. The summed E-state index contributed by atoms with van der Waals surface area (Å²) in [4.78, 5) is 0. The first-order valence-corrected chi connectivity index (χ1v) is 5.00. The Balaban J connectivity index is 1.85. The Hall–Kier alpha value is -1.34. The standard InChI is InChI=1S/C13H12O/c1-2-4-10(3-1)11-5-7-12(8-6-11)13-9-14-13/h1-8,10,13H,9H2/t13-/m0/s1. The van der Waals surface area contributed by atoms with Crippen molar-refractivity contribution in [2.24, 2.45) is 0 Å². The zero-order valence-electron chi connectivity index (χ0n) is 7.89. The summed E-state index contributed by atoms with van der Waals surface area (Å²) in [6.07, 6.45) is 9.00. The van der Waals surface area contributed by atoms with Gasteiger partial charge in [0.2, 0.25) is 0 Å². The highest BCUT2D eigenvalue weighted by Crippen LogP contribution is 2.31. The molecular weight excluding hydrogens is 172 g/mol. The number of allylic oxidation sites excluding steroid dienone is 4. The molecule has 0 aromatic heterocycles. The number of hydrogen-bond donors (Lipinski definition) is 0. The first-order chi connectivity index (χ1) is 6.93. The molecule has 14 heavy (non-hydrogen) atoms. The summed E-state index contributed by atoms with van der Waals surface area (Å²) < 4.78 is 5.23. The summed E-state index contributed by atoms with van der Waals surface area (Å²) in [5, 5.41) is 0. The molecular formula is C13H12O. The van der Waals surface area contributed by atoms with Crippen molar-refractivity contribution in [3.05, 3.63) is 59.7 Å². The Morgan fingerprint density at radius 2 is 1.50 bits per heavy atom. The van der Waals surface area contributed by atoms with E-state index in [0.717, 1.165) is 6.61 Å². The van der Waals surface area contributed by atoms with Gasteiger partial charge in [0, 0.05) is 5.92 Å². The van der Waals surface area contributed by atoms with E-state index in [1.807, 2.05) is 0 Å². The van der Waals surface area contributed by atoms with E-state index < -0.39 is 0 Å². The summed E-state index contributed by atoms with van der Waals surface area (Å²) in [7, 11) is 0. The highest BCUT2D eigenvalue weighted by molar-refractivity contribution is 5.37. The number of rotatable bonds is 2. The van der Waals surface area contributed by atoms with E-state index in [-0.39, 0.29) is 0 Å². The predicted octanol–water partition coefficient (Wildman–Crippen LogP) is 2.97. The van der Waals surface area contributed by atoms with Crippen LogP contribution in [0, 0.1) is 0 Å². The SMILES string of the molecule is C1=CC(c2ccc([C@@H]3CO3)cc2)C=C1. The molecule has 0 amide bonds. The van der Waals surface area contributed by atoms with Crippen molar-refractivity contribution in [2.45, 2.75) is 12.0 Å². The Bertz CT molecular complexity index is 370. The van der Waals surface area contributed by atoms with Gasteiger partial charge in [0.25, 0.3) is 0 Å². The van der Waals surface area contributed by atoms with E-state index in [9.17, 15) is 0 Å². The van der Waals surface area contributed by atoms with Gasteiger partial charge in [-0.2, -0.15) is 0 Å². The maximum absolute atomic E-state index is 5.23. The second kappa shape index (κ2) is 3.10. The molecule has 0 bridgehead atoms. The van der Waals surface area contributed by atoms with Crippen LogP contribution in [0.5, 0.6) is 0 Å². The van der Waals surface area contributed by atoms with Crippen molar-refractivity contribution in [2.75, 3.05) is 6.61 Å². The van der Waals surface area contributed by atoms with Crippen LogP contribution < -0.4 is 0 Å². The molecule has 1 fully saturated rings. The van der Waals surface area contributed by atoms with Crippen LogP contribution in [0.25, 0.3) is 0 Å². The molecule has 0 radical (unpaired) electrons. The lowest BCUT2D eigenvalue weighted by Gasteiger charge is -2.05. The lowest BCUT2D eigenvalue weighted by atomic mass is 9.99. The van der Waals surface area contributed by atoms with Gasteiger partial charge in [-0.05, 0) is 11.1 Å². The van der Waals surface area contributed by atoms with Crippen molar-refractivity contribution in [1.29, 1.82) is 0 Å². The Kier molecular flexibility index (Phi) is 1.78. The summed E-state index contributed by atoms with van der Waals surface area (Å²) in [5.41, 5.74) is 2.67. The topological polar surface area (TPSA) is 12.5 Å². The normalized spacial score (nSPS) is 24.4. The van der Waals surface area contributed by atoms with E-state index in [1.54, 1.807) is 0 Å². The van der Waals surface area contributed by atoms with Gasteiger partial charge in [0.15, 0.2) is 0 Å². The summed E-state index contributed by atoms with van der Waals surface area (Å²) in [6, 6.07) is 8.74. The molecule has 1 aliphatic heterocycles. The quantitative estimate of drug-likeness (QED) is 0.644. The van der Waals surface area contributed by atoms with Crippen LogP contribution in [0.2, 0.25) is 0 Å². The third-order valence-electron chi connectivity index (χ3n) is 2.77. The monoisotopic (exact) mass is 184 g/mol. The van der Waals surface area contributed by atoms with Gasteiger partial charge in [-0.25, -0.2) is 0 Å². The fourth-order valence-electron chi connectivity index (χ4n) is 1.83. The Morgan fingerprint density at radius 3 is 2.07 bits per heavy atom. The Morgan fingerprint density at radius 1 is 0.929 bits per heavy atom. The molecule has 0 spiro atoms. The summed E-state index contributed by atoms with van der Waals surface area (Å²) in [6.45, 7) is 0.891. The fraction of sp³-hybridized carbons (Fsp3) is 0.231. The van der Waals surface area contributed by atoms with Crippen LogP contribution in [0.3, 0.4) is 0 Å². The third kappa shape index (κ3) is 1.40. The second-order valence-electron chi connectivity index (χ2n) is 3.78. The molecule has 2 aliphatic rings. The molecule has 3 rings (SSSR count). The van der Waals surface area contributed by atoms with Crippen LogP contribution in [-0.4, -0.2) is 6.61 Å². The molecule has 1 heteroatoms. The average molecular weight is 184 g/mol. The highest BCUT2D eigenvalue weighted by atomic mass is 16.6. The van der Waals surface area contributed by atoms with Crippen molar-refractivity contribution >= 4 is 0 Å². The molecule has 1 nitrogen and oxygen atoms in total. The molecule has 1 atom stereocenters. The number of benzene rings is 1.